The SMILES string of the molecule is C[C@@H]1[C@@H](C)CCC[C@@H](CN2CCN3CCN(C(=O)OC(C)(C)C)C[C@@H]3C2)[C@@H]2CC[C@H]2CN2C[C@@]3(CCCc4cc(Cl)ccc43)COc3ccc(cc32)C(=O)NS1(=O)=O. The Hall–Kier alpha value is -3.06. The maximum absolute atomic E-state index is 13.7. The van der Waals surface area contributed by atoms with E-state index in [1.807, 2.05) is 50.8 Å². The van der Waals surface area contributed by atoms with Gasteiger partial charge < -0.3 is 24.2 Å². The molecule has 3 fully saturated rings. The Morgan fingerprint density at radius 3 is 2.57 bits per heavy atom. The van der Waals surface area contributed by atoms with Gasteiger partial charge in [-0.25, -0.2) is 17.9 Å². The molecule has 7 atom stereocenters. The first kappa shape index (κ1) is 41.7. The molecule has 58 heavy (non-hydrogen) atoms. The van der Waals surface area contributed by atoms with Crippen molar-refractivity contribution in [2.24, 2.45) is 23.7 Å². The number of fused-ring (bicyclic) bond motifs is 5. The molecule has 2 saturated heterocycles. The molecule has 11 nitrogen and oxygen atoms in total. The number of ether oxygens (including phenoxy) is 2. The van der Waals surface area contributed by atoms with Crippen LogP contribution in [0.3, 0.4) is 0 Å². The molecule has 1 saturated carbocycles. The third-order valence-electron chi connectivity index (χ3n) is 14.5. The summed E-state index contributed by atoms with van der Waals surface area (Å²) in [4.78, 5) is 36.3. The molecule has 2 aromatic carbocycles. The fraction of sp³-hybridized carbons (Fsp3) is 0.689. The van der Waals surface area contributed by atoms with Crippen LogP contribution in [0.15, 0.2) is 36.4 Å². The van der Waals surface area contributed by atoms with Crippen LogP contribution < -0.4 is 14.4 Å². The second-order valence-electron chi connectivity index (χ2n) is 19.5. The van der Waals surface area contributed by atoms with Gasteiger partial charge in [0.25, 0.3) is 5.91 Å². The Kier molecular flexibility index (Phi) is 11.8. The van der Waals surface area contributed by atoms with Gasteiger partial charge in [-0.15, -0.1) is 0 Å². The minimum absolute atomic E-state index is 0.110. The zero-order valence-corrected chi connectivity index (χ0v) is 36.8. The van der Waals surface area contributed by atoms with E-state index >= 15 is 0 Å². The number of hydrogen-bond acceptors (Lipinski definition) is 9. The van der Waals surface area contributed by atoms with Crippen LogP contribution in [-0.4, -0.2) is 118 Å². The lowest BCUT2D eigenvalue weighted by atomic mass is 9.65. The molecule has 0 aromatic heterocycles. The molecule has 4 aliphatic heterocycles. The fourth-order valence-corrected chi connectivity index (χ4v) is 12.5. The van der Waals surface area contributed by atoms with Crippen molar-refractivity contribution in [3.8, 4) is 5.75 Å². The second-order valence-corrected chi connectivity index (χ2v) is 22.0. The van der Waals surface area contributed by atoms with Gasteiger partial charge in [-0.3, -0.25) is 9.69 Å². The van der Waals surface area contributed by atoms with Crippen LogP contribution in [-0.2, 0) is 26.6 Å². The van der Waals surface area contributed by atoms with Crippen molar-refractivity contribution in [1.29, 1.82) is 0 Å². The number of carbonyl (C=O) groups excluding carboxylic acids is 2. The average molecular weight is 839 g/mol. The molecule has 2 amide bonds. The van der Waals surface area contributed by atoms with Gasteiger partial charge in [0.15, 0.2) is 0 Å². The van der Waals surface area contributed by atoms with Gasteiger partial charge in [0.1, 0.15) is 11.4 Å². The molecule has 8 rings (SSSR count). The number of sulfonamides is 1. The Balaban J connectivity index is 1.08. The molecule has 2 aliphatic carbocycles. The number of aryl methyl sites for hydroxylation is 1. The predicted molar refractivity (Wildman–Crippen MR) is 228 cm³/mol. The highest BCUT2D eigenvalue weighted by atomic mass is 35.5. The highest BCUT2D eigenvalue weighted by Gasteiger charge is 2.45. The number of nitrogens with one attached hydrogen (secondary N) is 1. The standard InChI is InChI=1S/C45H64ClN5O6S/c1-30-8-6-9-34(24-48-18-19-49-20-21-50(27-37(49)26-48)43(53)57-44(3,4)5)38-14-11-35(38)25-51-28-45(17-7-10-32-22-36(46)13-15-39(32)45)29-56-41-16-12-33(23-40(41)51)42(52)47-58(54,55)31(30)2/h12-13,15-16,22-23,30-31,34-35,37-38H,6-11,14,17-21,24-29H2,1-5H3,(H,47,52)/t30-,31+,34-,35-,37-,38-,45-/m0/s1. The third kappa shape index (κ3) is 8.73. The first-order valence-corrected chi connectivity index (χ1v) is 23.8. The molecule has 318 valence electrons. The van der Waals surface area contributed by atoms with E-state index in [0.29, 0.717) is 43.0 Å². The molecule has 13 heteroatoms. The molecule has 2 bridgehead atoms. The number of carbonyl (C=O) groups is 2. The van der Waals surface area contributed by atoms with Crippen molar-refractivity contribution in [2.45, 2.75) is 108 Å². The van der Waals surface area contributed by atoms with Crippen LogP contribution in [0.25, 0.3) is 0 Å². The van der Waals surface area contributed by atoms with Crippen molar-refractivity contribution in [1.82, 2.24) is 19.4 Å². The Labute approximate surface area is 351 Å². The van der Waals surface area contributed by atoms with Gasteiger partial charge in [0.05, 0.1) is 17.5 Å². The van der Waals surface area contributed by atoms with Crippen LogP contribution in [0.1, 0.15) is 101 Å². The molecule has 0 unspecified atom stereocenters. The number of nitrogens with zero attached hydrogens (tertiary/aromatic N) is 4. The zero-order valence-electron chi connectivity index (χ0n) is 35.2. The normalized spacial score (nSPS) is 32.1. The molecule has 2 aromatic rings. The first-order valence-electron chi connectivity index (χ1n) is 21.9. The number of amides is 2. The number of benzene rings is 2. The van der Waals surface area contributed by atoms with E-state index in [-0.39, 0.29) is 23.5 Å². The number of anilines is 1. The van der Waals surface area contributed by atoms with Crippen molar-refractivity contribution < 1.29 is 27.5 Å². The van der Waals surface area contributed by atoms with E-state index in [4.69, 9.17) is 21.1 Å². The van der Waals surface area contributed by atoms with Crippen LogP contribution >= 0.6 is 11.6 Å². The Morgan fingerprint density at radius 1 is 0.983 bits per heavy atom. The third-order valence-corrected chi connectivity index (χ3v) is 16.7. The minimum atomic E-state index is -3.92. The average Bonchev–Trinajstić information content (AvgIpc) is 3.31. The Morgan fingerprint density at radius 2 is 1.79 bits per heavy atom. The fourth-order valence-electron chi connectivity index (χ4n) is 11.0. The highest BCUT2D eigenvalue weighted by molar-refractivity contribution is 7.90. The maximum Gasteiger partial charge on any atom is 0.410 e. The smallest absolute Gasteiger partial charge is 0.410 e. The quantitative estimate of drug-likeness (QED) is 0.343. The van der Waals surface area contributed by atoms with Crippen molar-refractivity contribution in [3.05, 3.63) is 58.1 Å². The summed E-state index contributed by atoms with van der Waals surface area (Å²) in [7, 11) is -3.92. The summed E-state index contributed by atoms with van der Waals surface area (Å²) in [5, 5.41) is 0.0357. The lowest BCUT2D eigenvalue weighted by Gasteiger charge is -2.50. The lowest BCUT2D eigenvalue weighted by molar-refractivity contribution is -0.0225. The summed E-state index contributed by atoms with van der Waals surface area (Å²) in [6.45, 7) is 17.8. The van der Waals surface area contributed by atoms with E-state index in [0.717, 1.165) is 107 Å². The van der Waals surface area contributed by atoms with Gasteiger partial charge >= 0.3 is 6.09 Å². The number of rotatable bonds is 2. The zero-order chi connectivity index (χ0) is 41.0. The van der Waals surface area contributed by atoms with Crippen molar-refractivity contribution >= 4 is 39.3 Å². The van der Waals surface area contributed by atoms with E-state index in [1.54, 1.807) is 13.0 Å². The largest absolute Gasteiger partial charge is 0.490 e. The highest BCUT2D eigenvalue weighted by Crippen LogP contribution is 2.48. The molecule has 0 radical (unpaired) electrons. The first-order chi connectivity index (χ1) is 27.6. The molecule has 6 aliphatic rings. The summed E-state index contributed by atoms with van der Waals surface area (Å²) < 4.78 is 42.3. The topological polar surface area (TPSA) is 112 Å². The van der Waals surface area contributed by atoms with E-state index in [2.05, 4.69) is 31.6 Å². The minimum Gasteiger partial charge on any atom is -0.490 e. The van der Waals surface area contributed by atoms with E-state index in [9.17, 15) is 18.0 Å². The van der Waals surface area contributed by atoms with Gasteiger partial charge in [0, 0.05) is 80.9 Å². The second kappa shape index (κ2) is 16.4. The van der Waals surface area contributed by atoms with Crippen molar-refractivity contribution in [3.63, 3.8) is 0 Å². The number of halogens is 1. The lowest BCUT2D eigenvalue weighted by Crippen LogP contribution is -2.63. The summed E-state index contributed by atoms with van der Waals surface area (Å²) in [5.41, 5.74) is 2.99. The number of piperazine rings is 2. The van der Waals surface area contributed by atoms with Crippen LogP contribution in [0, 0.1) is 23.7 Å². The van der Waals surface area contributed by atoms with E-state index < -0.39 is 26.8 Å². The van der Waals surface area contributed by atoms with Gasteiger partial charge in [-0.05, 0) is 138 Å². The van der Waals surface area contributed by atoms with Gasteiger partial charge in [0.2, 0.25) is 10.0 Å². The molecule has 1 N–H and O–H groups in total. The summed E-state index contributed by atoms with van der Waals surface area (Å²) in [5.74, 6) is 1.49. The number of hydrogen-bond donors (Lipinski definition) is 1. The van der Waals surface area contributed by atoms with Crippen LogP contribution in [0.2, 0.25) is 5.02 Å². The molecule has 4 heterocycles. The summed E-state index contributed by atoms with van der Waals surface area (Å²) in [6.07, 6.45) is 7.87. The monoisotopic (exact) mass is 837 g/mol. The predicted octanol–water partition coefficient (Wildman–Crippen LogP) is 6.96. The van der Waals surface area contributed by atoms with Gasteiger partial charge in [-0.1, -0.05) is 31.0 Å². The van der Waals surface area contributed by atoms with Gasteiger partial charge in [-0.2, -0.15) is 0 Å². The van der Waals surface area contributed by atoms with Crippen LogP contribution in [0.5, 0.6) is 5.75 Å². The molecular weight excluding hydrogens is 774 g/mol. The summed E-state index contributed by atoms with van der Waals surface area (Å²) in [6, 6.07) is 12.0. The summed E-state index contributed by atoms with van der Waals surface area (Å²) >= 11 is 6.52. The Bertz CT molecular complexity index is 1970. The maximum atomic E-state index is 13.7. The van der Waals surface area contributed by atoms with Crippen molar-refractivity contribution in [2.75, 3.05) is 70.4 Å². The molecule has 1 spiro atoms. The van der Waals surface area contributed by atoms with Crippen LogP contribution in [0.4, 0.5) is 10.5 Å². The molecular formula is C45H64ClN5O6S. The van der Waals surface area contributed by atoms with E-state index in [1.165, 1.54) is 17.5 Å².